The number of carbonyl (C=O) groups is 1. The number of benzene rings is 1. The maximum absolute atomic E-state index is 12.6. The molecule has 0 unspecified atom stereocenters. The number of amides is 1. The SMILES string of the molecule is CN=C(NCc1cccc(S(N)(=O)=O)c1)N1CC(=O)N(C(C)C)C(C)(C)C1. The number of primary sulfonamides is 1. The Morgan fingerprint density at radius 3 is 2.56 bits per heavy atom. The van der Waals surface area contributed by atoms with Crippen molar-refractivity contribution in [2.75, 3.05) is 20.1 Å². The van der Waals surface area contributed by atoms with Gasteiger partial charge in [-0.05, 0) is 45.4 Å². The normalized spacial score (nSPS) is 18.2. The summed E-state index contributed by atoms with van der Waals surface area (Å²) in [5.74, 6) is 0.654. The largest absolute Gasteiger partial charge is 0.352 e. The van der Waals surface area contributed by atoms with Crippen LogP contribution in [0.3, 0.4) is 0 Å². The van der Waals surface area contributed by atoms with Gasteiger partial charge in [-0.15, -0.1) is 0 Å². The highest BCUT2D eigenvalue weighted by molar-refractivity contribution is 7.89. The lowest BCUT2D eigenvalue weighted by atomic mass is 9.96. The third kappa shape index (κ3) is 4.98. The summed E-state index contributed by atoms with van der Waals surface area (Å²) >= 11 is 0. The Kier molecular flexibility index (Phi) is 6.16. The van der Waals surface area contributed by atoms with Gasteiger partial charge in [-0.3, -0.25) is 9.79 Å². The molecule has 1 aliphatic heterocycles. The first kappa shape index (κ1) is 21.2. The minimum absolute atomic E-state index is 0.0559. The number of aliphatic imine (C=N–C) groups is 1. The van der Waals surface area contributed by atoms with E-state index in [0.717, 1.165) is 5.56 Å². The van der Waals surface area contributed by atoms with E-state index >= 15 is 0 Å². The van der Waals surface area contributed by atoms with E-state index in [4.69, 9.17) is 5.14 Å². The summed E-state index contributed by atoms with van der Waals surface area (Å²) in [5.41, 5.74) is 0.434. The van der Waals surface area contributed by atoms with Crippen LogP contribution in [0.15, 0.2) is 34.2 Å². The lowest BCUT2D eigenvalue weighted by molar-refractivity contribution is -0.145. The van der Waals surface area contributed by atoms with Crippen molar-refractivity contribution in [2.45, 2.75) is 50.7 Å². The first-order valence-electron chi connectivity index (χ1n) is 8.85. The maximum atomic E-state index is 12.6. The zero-order valence-corrected chi connectivity index (χ0v) is 17.4. The van der Waals surface area contributed by atoms with Gasteiger partial charge in [-0.25, -0.2) is 13.6 Å². The molecule has 0 bridgehead atoms. The first-order valence-corrected chi connectivity index (χ1v) is 10.4. The van der Waals surface area contributed by atoms with Gasteiger partial charge < -0.3 is 15.1 Å². The van der Waals surface area contributed by atoms with Gasteiger partial charge in [0, 0.05) is 26.2 Å². The molecule has 8 nitrogen and oxygen atoms in total. The van der Waals surface area contributed by atoms with Gasteiger partial charge in [-0.1, -0.05) is 12.1 Å². The summed E-state index contributed by atoms with van der Waals surface area (Å²) in [4.78, 5) is 20.8. The van der Waals surface area contributed by atoms with Crippen LogP contribution in [0, 0.1) is 0 Å². The minimum atomic E-state index is -3.75. The van der Waals surface area contributed by atoms with Crippen molar-refractivity contribution in [2.24, 2.45) is 10.1 Å². The van der Waals surface area contributed by atoms with E-state index < -0.39 is 10.0 Å². The zero-order valence-electron chi connectivity index (χ0n) is 16.6. The summed E-state index contributed by atoms with van der Waals surface area (Å²) < 4.78 is 23.0. The van der Waals surface area contributed by atoms with Gasteiger partial charge in [0.05, 0.1) is 17.0 Å². The number of guanidine groups is 1. The lowest BCUT2D eigenvalue weighted by Gasteiger charge is -2.49. The molecule has 0 atom stereocenters. The highest BCUT2D eigenvalue weighted by Crippen LogP contribution is 2.24. The molecule has 9 heteroatoms. The third-order valence-corrected chi connectivity index (χ3v) is 5.44. The maximum Gasteiger partial charge on any atom is 0.242 e. The van der Waals surface area contributed by atoms with Crippen LogP contribution < -0.4 is 10.5 Å². The Morgan fingerprint density at radius 1 is 1.37 bits per heavy atom. The Bertz CT molecular complexity index is 833. The fourth-order valence-electron chi connectivity index (χ4n) is 3.66. The second-order valence-electron chi connectivity index (χ2n) is 7.62. The predicted molar refractivity (Wildman–Crippen MR) is 106 cm³/mol. The van der Waals surface area contributed by atoms with Crippen LogP contribution in [-0.4, -0.2) is 61.8 Å². The molecular formula is C18H29N5O3S. The van der Waals surface area contributed by atoms with Crippen molar-refractivity contribution in [3.8, 4) is 0 Å². The standard InChI is InChI=1S/C18H29N5O3S/c1-13(2)23-16(24)11-22(12-18(23,3)4)17(20-5)21-10-14-7-6-8-15(9-14)27(19,25)26/h6-9,13H,10-12H2,1-5H3,(H,20,21)(H2,19,25,26). The van der Waals surface area contributed by atoms with Crippen molar-refractivity contribution < 1.29 is 13.2 Å². The molecule has 1 aromatic carbocycles. The van der Waals surface area contributed by atoms with E-state index in [1.165, 1.54) is 12.1 Å². The van der Waals surface area contributed by atoms with E-state index in [1.807, 2.05) is 37.5 Å². The third-order valence-electron chi connectivity index (χ3n) is 4.53. The summed E-state index contributed by atoms with van der Waals surface area (Å²) in [5, 5.41) is 8.39. The average molecular weight is 396 g/mol. The number of rotatable bonds is 4. The second-order valence-corrected chi connectivity index (χ2v) is 9.18. The fraction of sp³-hybridized carbons (Fsp3) is 0.556. The zero-order chi connectivity index (χ0) is 20.4. The molecule has 2 rings (SSSR count). The Morgan fingerprint density at radius 2 is 2.04 bits per heavy atom. The summed E-state index contributed by atoms with van der Waals surface area (Å²) in [7, 11) is -2.08. The molecule has 3 N–H and O–H groups in total. The second kappa shape index (κ2) is 7.85. The van der Waals surface area contributed by atoms with E-state index in [1.54, 1.807) is 19.2 Å². The van der Waals surface area contributed by atoms with Crippen LogP contribution in [0.1, 0.15) is 33.3 Å². The summed E-state index contributed by atoms with van der Waals surface area (Å²) in [6, 6.07) is 6.57. The van der Waals surface area contributed by atoms with Crippen molar-refractivity contribution in [3.63, 3.8) is 0 Å². The summed E-state index contributed by atoms with van der Waals surface area (Å²) in [6.07, 6.45) is 0. The highest BCUT2D eigenvalue weighted by Gasteiger charge is 2.40. The highest BCUT2D eigenvalue weighted by atomic mass is 32.2. The summed E-state index contributed by atoms with van der Waals surface area (Å²) in [6.45, 7) is 9.38. The van der Waals surface area contributed by atoms with Crippen molar-refractivity contribution in [1.29, 1.82) is 0 Å². The van der Waals surface area contributed by atoms with Gasteiger partial charge in [0.1, 0.15) is 0 Å². The van der Waals surface area contributed by atoms with Gasteiger partial charge in [-0.2, -0.15) is 0 Å². The molecule has 27 heavy (non-hydrogen) atoms. The Hall–Kier alpha value is -2.13. The van der Waals surface area contributed by atoms with Crippen LogP contribution in [0.2, 0.25) is 0 Å². The van der Waals surface area contributed by atoms with Crippen molar-refractivity contribution >= 4 is 21.9 Å². The molecule has 1 aromatic rings. The van der Waals surface area contributed by atoms with E-state index in [2.05, 4.69) is 10.3 Å². The number of nitrogens with two attached hydrogens (primary N) is 1. The quantitative estimate of drug-likeness (QED) is 0.577. The number of carbonyl (C=O) groups excluding carboxylic acids is 1. The fourth-order valence-corrected chi connectivity index (χ4v) is 4.24. The molecule has 0 spiro atoms. The molecular weight excluding hydrogens is 366 g/mol. The van der Waals surface area contributed by atoms with Crippen LogP contribution >= 0.6 is 0 Å². The molecule has 1 saturated heterocycles. The topological polar surface area (TPSA) is 108 Å². The molecule has 0 aromatic heterocycles. The number of nitrogens with one attached hydrogen (secondary N) is 1. The molecule has 1 heterocycles. The number of nitrogens with zero attached hydrogens (tertiary/aromatic N) is 3. The molecule has 150 valence electrons. The Labute approximate surface area is 161 Å². The van der Waals surface area contributed by atoms with Gasteiger partial charge in [0.2, 0.25) is 15.9 Å². The van der Waals surface area contributed by atoms with Crippen LogP contribution in [0.25, 0.3) is 0 Å². The van der Waals surface area contributed by atoms with Crippen molar-refractivity contribution in [3.05, 3.63) is 29.8 Å². The van der Waals surface area contributed by atoms with E-state index in [-0.39, 0.29) is 28.9 Å². The number of hydrogen-bond donors (Lipinski definition) is 2. The minimum Gasteiger partial charge on any atom is -0.352 e. The molecule has 1 aliphatic rings. The number of piperazine rings is 1. The monoisotopic (exact) mass is 395 g/mol. The molecule has 1 amide bonds. The Balaban J connectivity index is 2.12. The molecule has 1 fully saturated rings. The van der Waals surface area contributed by atoms with Gasteiger partial charge >= 0.3 is 0 Å². The first-order chi connectivity index (χ1) is 12.5. The molecule has 0 radical (unpaired) electrons. The van der Waals surface area contributed by atoms with Crippen LogP contribution in [0.5, 0.6) is 0 Å². The molecule has 0 saturated carbocycles. The van der Waals surface area contributed by atoms with E-state index in [0.29, 0.717) is 19.0 Å². The smallest absolute Gasteiger partial charge is 0.242 e. The van der Waals surface area contributed by atoms with Crippen LogP contribution in [-0.2, 0) is 21.4 Å². The average Bonchev–Trinajstić information content (AvgIpc) is 2.53. The van der Waals surface area contributed by atoms with Gasteiger partial charge in [0.25, 0.3) is 0 Å². The number of hydrogen-bond acceptors (Lipinski definition) is 4. The van der Waals surface area contributed by atoms with E-state index in [9.17, 15) is 13.2 Å². The van der Waals surface area contributed by atoms with Gasteiger partial charge in [0.15, 0.2) is 5.96 Å². The molecule has 0 aliphatic carbocycles. The number of sulfonamides is 1. The van der Waals surface area contributed by atoms with Crippen molar-refractivity contribution in [1.82, 2.24) is 15.1 Å². The van der Waals surface area contributed by atoms with Crippen LogP contribution in [0.4, 0.5) is 0 Å². The lowest BCUT2D eigenvalue weighted by Crippen LogP contribution is -2.66. The predicted octanol–water partition coefficient (Wildman–Crippen LogP) is 0.741.